The summed E-state index contributed by atoms with van der Waals surface area (Å²) < 4.78 is 5.62. The average Bonchev–Trinajstić information content (AvgIpc) is 2.49. The molecule has 0 saturated carbocycles. The van der Waals surface area contributed by atoms with E-state index in [1.54, 1.807) is 0 Å². The van der Waals surface area contributed by atoms with Crippen LogP contribution in [-0.4, -0.2) is 19.3 Å². The predicted octanol–water partition coefficient (Wildman–Crippen LogP) is 2.18. The minimum atomic E-state index is 0.320. The van der Waals surface area contributed by atoms with Gasteiger partial charge in [0.25, 0.3) is 0 Å². The maximum absolute atomic E-state index is 5.78. The molecular weight excluding hydrogens is 162 g/mol. The highest BCUT2D eigenvalue weighted by molar-refractivity contribution is 4.79. The summed E-state index contributed by atoms with van der Waals surface area (Å²) in [5.41, 5.74) is 6.10. The van der Waals surface area contributed by atoms with Crippen LogP contribution in [0.4, 0.5) is 0 Å². The molecule has 1 saturated heterocycles. The molecule has 1 heterocycles. The molecule has 2 nitrogen and oxygen atoms in total. The van der Waals surface area contributed by atoms with E-state index in [2.05, 4.69) is 20.8 Å². The van der Waals surface area contributed by atoms with Crippen LogP contribution in [0, 0.1) is 11.3 Å². The number of ether oxygens (including phenoxy) is 1. The Balaban J connectivity index is 2.39. The quantitative estimate of drug-likeness (QED) is 0.731. The molecule has 0 bridgehead atoms. The first-order chi connectivity index (χ1) is 6.04. The van der Waals surface area contributed by atoms with Crippen molar-refractivity contribution in [2.75, 3.05) is 13.2 Å². The van der Waals surface area contributed by atoms with E-state index in [4.69, 9.17) is 10.5 Å². The van der Waals surface area contributed by atoms with Gasteiger partial charge in [0.2, 0.25) is 0 Å². The Labute approximate surface area is 81.8 Å². The Morgan fingerprint density at radius 1 is 1.46 bits per heavy atom. The molecule has 2 N–H and O–H groups in total. The van der Waals surface area contributed by atoms with Crippen LogP contribution >= 0.6 is 0 Å². The summed E-state index contributed by atoms with van der Waals surface area (Å²) in [6.07, 6.45) is 4.08. The fourth-order valence-corrected chi connectivity index (χ4v) is 1.95. The van der Waals surface area contributed by atoms with E-state index in [-0.39, 0.29) is 0 Å². The van der Waals surface area contributed by atoms with Gasteiger partial charge in [0, 0.05) is 6.61 Å². The normalized spacial score (nSPS) is 26.3. The monoisotopic (exact) mass is 185 g/mol. The number of nitrogens with two attached hydrogens (primary N) is 1. The van der Waals surface area contributed by atoms with E-state index in [1.807, 2.05) is 0 Å². The van der Waals surface area contributed by atoms with E-state index in [1.165, 1.54) is 12.8 Å². The Morgan fingerprint density at radius 3 is 2.54 bits per heavy atom. The number of rotatable bonds is 3. The van der Waals surface area contributed by atoms with Gasteiger partial charge in [0.1, 0.15) is 0 Å². The Kier molecular flexibility index (Phi) is 3.74. The lowest BCUT2D eigenvalue weighted by Crippen LogP contribution is -2.31. The summed E-state index contributed by atoms with van der Waals surface area (Å²) in [5.74, 6) is 0.593. The van der Waals surface area contributed by atoms with E-state index in [0.29, 0.717) is 17.4 Å². The lowest BCUT2D eigenvalue weighted by molar-refractivity contribution is 0.0689. The van der Waals surface area contributed by atoms with Crippen molar-refractivity contribution in [1.29, 1.82) is 0 Å². The van der Waals surface area contributed by atoms with E-state index in [0.717, 1.165) is 19.6 Å². The zero-order valence-corrected chi connectivity index (χ0v) is 9.18. The molecule has 78 valence electrons. The third-order valence-electron chi connectivity index (χ3n) is 3.08. The summed E-state index contributed by atoms with van der Waals surface area (Å²) in [7, 11) is 0. The lowest BCUT2D eigenvalue weighted by atomic mass is 9.77. The van der Waals surface area contributed by atoms with Crippen molar-refractivity contribution in [3.63, 3.8) is 0 Å². The topological polar surface area (TPSA) is 35.2 Å². The molecular formula is C11H23NO. The van der Waals surface area contributed by atoms with Crippen LogP contribution in [0.25, 0.3) is 0 Å². The molecule has 0 amide bonds. The zero-order valence-electron chi connectivity index (χ0n) is 9.18. The molecule has 1 aliphatic heterocycles. The van der Waals surface area contributed by atoms with Crippen molar-refractivity contribution < 1.29 is 4.74 Å². The van der Waals surface area contributed by atoms with Crippen LogP contribution in [0.1, 0.15) is 40.0 Å². The van der Waals surface area contributed by atoms with Crippen molar-refractivity contribution in [3.05, 3.63) is 0 Å². The third kappa shape index (κ3) is 3.28. The van der Waals surface area contributed by atoms with Crippen molar-refractivity contribution in [3.8, 4) is 0 Å². The van der Waals surface area contributed by atoms with E-state index < -0.39 is 0 Å². The van der Waals surface area contributed by atoms with Crippen LogP contribution < -0.4 is 5.73 Å². The SMILES string of the molecule is CC(C)(C)C(CN)CC1CCCO1. The zero-order chi connectivity index (χ0) is 9.90. The summed E-state index contributed by atoms with van der Waals surface area (Å²) in [6.45, 7) is 8.52. The highest BCUT2D eigenvalue weighted by Gasteiger charge is 2.28. The number of hydrogen-bond acceptors (Lipinski definition) is 2. The Hall–Kier alpha value is -0.0800. The van der Waals surface area contributed by atoms with Crippen LogP contribution in [0.2, 0.25) is 0 Å². The van der Waals surface area contributed by atoms with E-state index >= 15 is 0 Å². The highest BCUT2D eigenvalue weighted by Crippen LogP contribution is 2.31. The molecule has 2 heteroatoms. The number of hydrogen-bond donors (Lipinski definition) is 1. The van der Waals surface area contributed by atoms with Crippen LogP contribution in [0.3, 0.4) is 0 Å². The van der Waals surface area contributed by atoms with Crippen molar-refractivity contribution in [2.45, 2.75) is 46.1 Å². The van der Waals surface area contributed by atoms with Gasteiger partial charge in [-0.1, -0.05) is 20.8 Å². The van der Waals surface area contributed by atoms with Gasteiger partial charge in [0.15, 0.2) is 0 Å². The first-order valence-electron chi connectivity index (χ1n) is 5.35. The van der Waals surface area contributed by atoms with Gasteiger partial charge < -0.3 is 10.5 Å². The Bertz CT molecular complexity index is 145. The molecule has 2 atom stereocenters. The Morgan fingerprint density at radius 2 is 2.15 bits per heavy atom. The summed E-state index contributed by atoms with van der Waals surface area (Å²) in [4.78, 5) is 0. The van der Waals surface area contributed by atoms with Gasteiger partial charge in [-0.25, -0.2) is 0 Å². The summed E-state index contributed by atoms with van der Waals surface area (Å²) >= 11 is 0. The third-order valence-corrected chi connectivity index (χ3v) is 3.08. The maximum atomic E-state index is 5.78. The second-order valence-electron chi connectivity index (χ2n) is 5.17. The molecule has 0 spiro atoms. The summed E-state index contributed by atoms with van der Waals surface area (Å²) in [6, 6.07) is 0. The molecule has 2 unspecified atom stereocenters. The smallest absolute Gasteiger partial charge is 0.0579 e. The maximum Gasteiger partial charge on any atom is 0.0579 e. The largest absolute Gasteiger partial charge is 0.378 e. The molecule has 13 heavy (non-hydrogen) atoms. The van der Waals surface area contributed by atoms with Crippen LogP contribution in [0.5, 0.6) is 0 Å². The van der Waals surface area contributed by atoms with E-state index in [9.17, 15) is 0 Å². The minimum Gasteiger partial charge on any atom is -0.378 e. The first kappa shape index (κ1) is 11.0. The first-order valence-corrected chi connectivity index (χ1v) is 5.35. The highest BCUT2D eigenvalue weighted by atomic mass is 16.5. The average molecular weight is 185 g/mol. The lowest BCUT2D eigenvalue weighted by Gasteiger charge is -2.31. The van der Waals surface area contributed by atoms with Gasteiger partial charge in [-0.15, -0.1) is 0 Å². The molecule has 0 aromatic carbocycles. The standard InChI is InChI=1S/C11H23NO/c1-11(2,3)9(8-12)7-10-5-4-6-13-10/h9-10H,4-8,12H2,1-3H3. The second-order valence-corrected chi connectivity index (χ2v) is 5.17. The van der Waals surface area contributed by atoms with Crippen molar-refractivity contribution in [1.82, 2.24) is 0 Å². The molecule has 1 aliphatic rings. The van der Waals surface area contributed by atoms with Crippen LogP contribution in [-0.2, 0) is 4.74 Å². The fourth-order valence-electron chi connectivity index (χ4n) is 1.95. The van der Waals surface area contributed by atoms with Crippen LogP contribution in [0.15, 0.2) is 0 Å². The predicted molar refractivity (Wildman–Crippen MR) is 55.6 cm³/mol. The van der Waals surface area contributed by atoms with Crippen molar-refractivity contribution >= 4 is 0 Å². The fraction of sp³-hybridized carbons (Fsp3) is 1.00. The van der Waals surface area contributed by atoms with Crippen molar-refractivity contribution in [2.24, 2.45) is 17.1 Å². The minimum absolute atomic E-state index is 0.320. The van der Waals surface area contributed by atoms with Gasteiger partial charge in [0.05, 0.1) is 6.10 Å². The van der Waals surface area contributed by atoms with Gasteiger partial charge in [-0.3, -0.25) is 0 Å². The second kappa shape index (κ2) is 4.43. The van der Waals surface area contributed by atoms with Gasteiger partial charge in [-0.05, 0) is 37.1 Å². The molecule has 0 aromatic rings. The summed E-state index contributed by atoms with van der Waals surface area (Å²) in [5, 5.41) is 0. The van der Waals surface area contributed by atoms with Gasteiger partial charge in [-0.2, -0.15) is 0 Å². The molecule has 1 rings (SSSR count). The molecule has 0 aromatic heterocycles. The molecule has 1 fully saturated rings. The van der Waals surface area contributed by atoms with Gasteiger partial charge >= 0.3 is 0 Å². The molecule has 0 radical (unpaired) electrons. The molecule has 0 aliphatic carbocycles.